The zero-order valence-corrected chi connectivity index (χ0v) is 11.5. The number of anilines is 2. The van der Waals surface area contributed by atoms with Crippen LogP contribution >= 0.6 is 11.6 Å². The summed E-state index contributed by atoms with van der Waals surface area (Å²) in [4.78, 5) is 0. The number of hydrogen-bond donors (Lipinski definition) is 2. The van der Waals surface area contributed by atoms with Crippen LogP contribution in [0.1, 0.15) is 13.8 Å². The Morgan fingerprint density at radius 2 is 2.00 bits per heavy atom. The van der Waals surface area contributed by atoms with Crippen molar-refractivity contribution < 1.29 is 8.42 Å². The maximum atomic E-state index is 11.9. The van der Waals surface area contributed by atoms with Gasteiger partial charge in [0.25, 0.3) is 0 Å². The summed E-state index contributed by atoms with van der Waals surface area (Å²) >= 11 is 5.81. The van der Waals surface area contributed by atoms with E-state index in [2.05, 4.69) is 4.72 Å². The van der Waals surface area contributed by atoms with E-state index in [1.807, 2.05) is 0 Å². The van der Waals surface area contributed by atoms with Crippen LogP contribution in [0.2, 0.25) is 5.02 Å². The van der Waals surface area contributed by atoms with Crippen molar-refractivity contribution in [1.29, 1.82) is 0 Å². The Morgan fingerprint density at radius 3 is 2.47 bits per heavy atom. The van der Waals surface area contributed by atoms with Gasteiger partial charge in [-0.25, -0.2) is 0 Å². The Hall–Kier alpha value is -0.980. The Morgan fingerprint density at radius 1 is 1.41 bits per heavy atom. The Labute approximate surface area is 107 Å². The molecule has 0 aliphatic rings. The normalized spacial score (nSPS) is 12.1. The molecule has 0 radical (unpaired) electrons. The Kier molecular flexibility index (Phi) is 4.24. The molecule has 0 atom stereocenters. The molecule has 1 rings (SSSR count). The van der Waals surface area contributed by atoms with E-state index in [-0.39, 0.29) is 6.04 Å². The van der Waals surface area contributed by atoms with E-state index in [0.29, 0.717) is 16.4 Å². The number of rotatable bonds is 4. The molecular formula is C10H16ClN3O2S. The van der Waals surface area contributed by atoms with Gasteiger partial charge in [0.15, 0.2) is 0 Å². The second-order valence-corrected chi connectivity index (χ2v) is 6.09. The molecule has 3 N–H and O–H groups in total. The first-order chi connectivity index (χ1) is 7.74. The summed E-state index contributed by atoms with van der Waals surface area (Å²) in [5, 5.41) is 0.317. The summed E-state index contributed by atoms with van der Waals surface area (Å²) in [5.41, 5.74) is 6.34. The highest BCUT2D eigenvalue weighted by atomic mass is 35.5. The van der Waals surface area contributed by atoms with E-state index >= 15 is 0 Å². The molecule has 0 aromatic heterocycles. The lowest BCUT2D eigenvalue weighted by atomic mass is 10.3. The molecule has 7 heteroatoms. The highest BCUT2D eigenvalue weighted by Crippen LogP contribution is 2.23. The summed E-state index contributed by atoms with van der Waals surface area (Å²) in [6, 6.07) is 4.46. The van der Waals surface area contributed by atoms with Crippen LogP contribution < -0.4 is 10.5 Å². The van der Waals surface area contributed by atoms with Gasteiger partial charge in [-0.2, -0.15) is 12.7 Å². The smallest absolute Gasteiger partial charge is 0.301 e. The summed E-state index contributed by atoms with van der Waals surface area (Å²) < 4.78 is 27.4. The van der Waals surface area contributed by atoms with E-state index in [0.717, 1.165) is 0 Å². The van der Waals surface area contributed by atoms with E-state index in [4.69, 9.17) is 17.3 Å². The van der Waals surface area contributed by atoms with Gasteiger partial charge in [-0.15, -0.1) is 0 Å². The molecule has 0 aliphatic heterocycles. The molecule has 0 saturated heterocycles. The largest absolute Gasteiger partial charge is 0.398 e. The summed E-state index contributed by atoms with van der Waals surface area (Å²) in [6.07, 6.45) is 0. The fourth-order valence-corrected chi connectivity index (χ4v) is 2.39. The third-order valence-electron chi connectivity index (χ3n) is 2.35. The van der Waals surface area contributed by atoms with Crippen molar-refractivity contribution in [2.45, 2.75) is 19.9 Å². The van der Waals surface area contributed by atoms with Crippen LogP contribution in [0.5, 0.6) is 0 Å². The van der Waals surface area contributed by atoms with Gasteiger partial charge in [-0.3, -0.25) is 4.72 Å². The second kappa shape index (κ2) is 5.12. The molecule has 0 fully saturated rings. The van der Waals surface area contributed by atoms with Gasteiger partial charge < -0.3 is 5.73 Å². The van der Waals surface area contributed by atoms with Gasteiger partial charge >= 0.3 is 10.2 Å². The van der Waals surface area contributed by atoms with Gasteiger partial charge in [-0.1, -0.05) is 11.6 Å². The number of hydrogen-bond acceptors (Lipinski definition) is 3. The number of nitrogens with two attached hydrogens (primary N) is 1. The lowest BCUT2D eigenvalue weighted by molar-refractivity contribution is 0.414. The van der Waals surface area contributed by atoms with E-state index < -0.39 is 10.2 Å². The zero-order chi connectivity index (χ0) is 13.2. The molecule has 5 nitrogen and oxygen atoms in total. The minimum atomic E-state index is -3.56. The molecule has 17 heavy (non-hydrogen) atoms. The molecule has 96 valence electrons. The predicted molar refractivity (Wildman–Crippen MR) is 71.3 cm³/mol. The molecule has 0 heterocycles. The third-order valence-corrected chi connectivity index (χ3v) is 4.35. The topological polar surface area (TPSA) is 75.4 Å². The van der Waals surface area contributed by atoms with Crippen LogP contribution in [0.3, 0.4) is 0 Å². The maximum absolute atomic E-state index is 11.9. The predicted octanol–water partition coefficient (Wildman–Crippen LogP) is 1.92. The molecule has 0 aliphatic carbocycles. The van der Waals surface area contributed by atoms with Crippen molar-refractivity contribution in [2.24, 2.45) is 0 Å². The van der Waals surface area contributed by atoms with Crippen LogP contribution in [0, 0.1) is 0 Å². The SMILES string of the molecule is CC(C)N(C)S(=O)(=O)Nc1ccc(N)c(Cl)c1. The summed E-state index contributed by atoms with van der Waals surface area (Å²) in [6.45, 7) is 3.57. The van der Waals surface area contributed by atoms with Gasteiger partial charge in [0, 0.05) is 13.1 Å². The second-order valence-electron chi connectivity index (χ2n) is 3.95. The highest BCUT2D eigenvalue weighted by Gasteiger charge is 2.20. The number of nitrogen functional groups attached to an aromatic ring is 1. The molecule has 0 spiro atoms. The van der Waals surface area contributed by atoms with Gasteiger partial charge in [0.2, 0.25) is 0 Å². The maximum Gasteiger partial charge on any atom is 0.301 e. The lowest BCUT2D eigenvalue weighted by Crippen LogP contribution is -2.37. The highest BCUT2D eigenvalue weighted by molar-refractivity contribution is 7.90. The fourth-order valence-electron chi connectivity index (χ4n) is 1.09. The van der Waals surface area contributed by atoms with Crippen LogP contribution in [0.4, 0.5) is 11.4 Å². The first-order valence-electron chi connectivity index (χ1n) is 5.05. The molecule has 1 aromatic rings. The van der Waals surface area contributed by atoms with Crippen molar-refractivity contribution in [3.8, 4) is 0 Å². The van der Waals surface area contributed by atoms with E-state index in [1.54, 1.807) is 26.0 Å². The van der Waals surface area contributed by atoms with Crippen LogP contribution in [0.25, 0.3) is 0 Å². The molecule has 0 saturated carbocycles. The quantitative estimate of drug-likeness (QED) is 0.826. The van der Waals surface area contributed by atoms with Crippen molar-refractivity contribution in [3.63, 3.8) is 0 Å². The van der Waals surface area contributed by atoms with Crippen molar-refractivity contribution in [2.75, 3.05) is 17.5 Å². The number of halogens is 1. The molecule has 0 bridgehead atoms. The monoisotopic (exact) mass is 277 g/mol. The van der Waals surface area contributed by atoms with Crippen LogP contribution in [-0.2, 0) is 10.2 Å². The molecule has 1 aromatic carbocycles. The van der Waals surface area contributed by atoms with Crippen molar-refractivity contribution in [1.82, 2.24) is 4.31 Å². The first-order valence-corrected chi connectivity index (χ1v) is 6.86. The first kappa shape index (κ1) is 14.1. The lowest BCUT2D eigenvalue weighted by Gasteiger charge is -2.21. The number of nitrogens with zero attached hydrogens (tertiary/aromatic N) is 1. The molecular weight excluding hydrogens is 262 g/mol. The van der Waals surface area contributed by atoms with Gasteiger partial charge in [0.05, 0.1) is 16.4 Å². The van der Waals surface area contributed by atoms with Crippen LogP contribution in [-0.4, -0.2) is 25.8 Å². The number of benzene rings is 1. The summed E-state index contributed by atoms with van der Waals surface area (Å²) in [5.74, 6) is 0. The molecule has 0 amide bonds. The van der Waals surface area contributed by atoms with Crippen molar-refractivity contribution >= 4 is 33.2 Å². The number of nitrogens with one attached hydrogen (secondary N) is 1. The average molecular weight is 278 g/mol. The van der Waals surface area contributed by atoms with Crippen molar-refractivity contribution in [3.05, 3.63) is 23.2 Å². The standard InChI is InChI=1S/C10H16ClN3O2S/c1-7(2)14(3)17(15,16)13-8-4-5-10(12)9(11)6-8/h4-7,13H,12H2,1-3H3. The Balaban J connectivity index is 2.94. The van der Waals surface area contributed by atoms with Crippen LogP contribution in [0.15, 0.2) is 18.2 Å². The fraction of sp³-hybridized carbons (Fsp3) is 0.400. The third kappa shape index (κ3) is 3.49. The van der Waals surface area contributed by atoms with Gasteiger partial charge in [0.1, 0.15) is 0 Å². The van der Waals surface area contributed by atoms with E-state index in [9.17, 15) is 8.42 Å². The zero-order valence-electron chi connectivity index (χ0n) is 9.94. The summed E-state index contributed by atoms with van der Waals surface area (Å²) in [7, 11) is -2.05. The van der Waals surface area contributed by atoms with Gasteiger partial charge in [-0.05, 0) is 32.0 Å². The molecule has 0 unspecified atom stereocenters. The average Bonchev–Trinajstić information content (AvgIpc) is 2.22. The van der Waals surface area contributed by atoms with E-state index in [1.165, 1.54) is 17.4 Å². The minimum Gasteiger partial charge on any atom is -0.398 e. The Bertz CT molecular complexity index is 502. The minimum absolute atomic E-state index is 0.128.